The van der Waals surface area contributed by atoms with Crippen LogP contribution < -0.4 is 4.90 Å². The number of pyridine rings is 1. The van der Waals surface area contributed by atoms with E-state index in [-0.39, 0.29) is 11.9 Å². The molecule has 0 spiro atoms. The van der Waals surface area contributed by atoms with E-state index in [4.69, 9.17) is 0 Å². The van der Waals surface area contributed by atoms with E-state index in [1.165, 1.54) is 12.8 Å². The predicted octanol–water partition coefficient (Wildman–Crippen LogP) is 3.33. The van der Waals surface area contributed by atoms with E-state index < -0.39 is 0 Å². The number of carbonyl (C=O) groups is 1. The van der Waals surface area contributed by atoms with Crippen LogP contribution >= 0.6 is 0 Å². The average Bonchev–Trinajstić information content (AvgIpc) is 2.51. The maximum Gasteiger partial charge on any atom is 0.228 e. The van der Waals surface area contributed by atoms with Crippen molar-refractivity contribution in [1.82, 2.24) is 9.88 Å². The maximum absolute atomic E-state index is 12.4. The van der Waals surface area contributed by atoms with Gasteiger partial charge in [-0.2, -0.15) is 0 Å². The van der Waals surface area contributed by atoms with Crippen LogP contribution in [-0.4, -0.2) is 41.0 Å². The van der Waals surface area contributed by atoms with Gasteiger partial charge in [-0.15, -0.1) is 0 Å². The molecular weight excluding hydrogens is 274 g/mol. The van der Waals surface area contributed by atoms with E-state index in [1.54, 1.807) is 6.20 Å². The van der Waals surface area contributed by atoms with Crippen molar-refractivity contribution in [1.29, 1.82) is 0 Å². The molecule has 1 amide bonds. The fourth-order valence-corrected chi connectivity index (χ4v) is 3.41. The zero-order valence-corrected chi connectivity index (χ0v) is 14.3. The van der Waals surface area contributed by atoms with E-state index in [0.717, 1.165) is 24.8 Å². The van der Waals surface area contributed by atoms with Gasteiger partial charge in [0.25, 0.3) is 0 Å². The fraction of sp³-hybridized carbons (Fsp3) is 0.667. The molecule has 0 bridgehead atoms. The molecule has 4 heteroatoms. The molecule has 3 unspecified atom stereocenters. The van der Waals surface area contributed by atoms with Crippen LogP contribution in [0.5, 0.6) is 0 Å². The van der Waals surface area contributed by atoms with Crippen molar-refractivity contribution in [2.45, 2.75) is 59.0 Å². The van der Waals surface area contributed by atoms with E-state index in [0.29, 0.717) is 12.5 Å². The predicted molar refractivity (Wildman–Crippen MR) is 90.9 cm³/mol. The highest BCUT2D eigenvalue weighted by Crippen LogP contribution is 2.24. The number of anilines is 1. The largest absolute Gasteiger partial charge is 0.299 e. The van der Waals surface area contributed by atoms with Gasteiger partial charge in [0.1, 0.15) is 5.82 Å². The molecule has 1 saturated heterocycles. The van der Waals surface area contributed by atoms with Crippen molar-refractivity contribution < 1.29 is 4.79 Å². The molecule has 1 fully saturated rings. The molecule has 4 nitrogen and oxygen atoms in total. The summed E-state index contributed by atoms with van der Waals surface area (Å²) in [5.41, 5.74) is 0. The number of amides is 1. The zero-order valence-electron chi connectivity index (χ0n) is 14.3. The number of nitrogens with zero attached hydrogens (tertiary/aromatic N) is 3. The lowest BCUT2D eigenvalue weighted by atomic mass is 9.93. The molecule has 3 atom stereocenters. The molecule has 2 heterocycles. The number of hydrogen-bond donors (Lipinski definition) is 0. The number of carbonyl (C=O) groups excluding carboxylic acids is 1. The third-order valence-electron chi connectivity index (χ3n) is 4.68. The Kier molecular flexibility index (Phi) is 5.95. The highest BCUT2D eigenvalue weighted by molar-refractivity contribution is 5.92. The van der Waals surface area contributed by atoms with Crippen LogP contribution in [0.15, 0.2) is 24.4 Å². The first-order valence-electron chi connectivity index (χ1n) is 8.50. The van der Waals surface area contributed by atoms with E-state index >= 15 is 0 Å². The molecule has 1 aliphatic heterocycles. The van der Waals surface area contributed by atoms with Gasteiger partial charge in [-0.1, -0.05) is 19.9 Å². The van der Waals surface area contributed by atoms with Crippen molar-refractivity contribution in [3.05, 3.63) is 24.4 Å². The maximum atomic E-state index is 12.4. The molecule has 0 aliphatic carbocycles. The zero-order chi connectivity index (χ0) is 16.1. The first-order valence-corrected chi connectivity index (χ1v) is 8.50. The Morgan fingerprint density at radius 2 is 2.23 bits per heavy atom. The van der Waals surface area contributed by atoms with Gasteiger partial charge < -0.3 is 0 Å². The highest BCUT2D eigenvalue weighted by Gasteiger charge is 2.28. The van der Waals surface area contributed by atoms with Crippen molar-refractivity contribution in [2.75, 3.05) is 18.0 Å². The van der Waals surface area contributed by atoms with Crippen LogP contribution in [0.1, 0.15) is 47.0 Å². The normalized spacial score (nSPS) is 24.0. The van der Waals surface area contributed by atoms with Crippen molar-refractivity contribution in [3.8, 4) is 0 Å². The summed E-state index contributed by atoms with van der Waals surface area (Å²) in [6.07, 6.45) is 4.76. The van der Waals surface area contributed by atoms with Crippen LogP contribution in [0, 0.1) is 5.92 Å². The Morgan fingerprint density at radius 1 is 1.45 bits per heavy atom. The van der Waals surface area contributed by atoms with Gasteiger partial charge in [-0.25, -0.2) is 4.98 Å². The lowest BCUT2D eigenvalue weighted by Crippen LogP contribution is -2.50. The molecular formula is C18H29N3O. The van der Waals surface area contributed by atoms with Crippen LogP contribution in [0.3, 0.4) is 0 Å². The molecule has 0 radical (unpaired) electrons. The van der Waals surface area contributed by atoms with E-state index in [1.807, 2.05) is 30.0 Å². The number of piperidine rings is 1. The molecule has 0 aromatic carbocycles. The summed E-state index contributed by atoms with van der Waals surface area (Å²) in [6.45, 7) is 10.7. The fourth-order valence-electron chi connectivity index (χ4n) is 3.41. The van der Waals surface area contributed by atoms with Gasteiger partial charge in [-0.05, 0) is 51.3 Å². The average molecular weight is 303 g/mol. The summed E-state index contributed by atoms with van der Waals surface area (Å²) in [6, 6.07) is 6.48. The van der Waals surface area contributed by atoms with Crippen LogP contribution in [0.4, 0.5) is 5.82 Å². The Balaban J connectivity index is 2.09. The minimum atomic E-state index is 0.137. The third-order valence-corrected chi connectivity index (χ3v) is 4.68. The van der Waals surface area contributed by atoms with E-state index in [2.05, 4.69) is 30.7 Å². The lowest BCUT2D eigenvalue weighted by molar-refractivity contribution is -0.118. The summed E-state index contributed by atoms with van der Waals surface area (Å²) in [4.78, 5) is 21.2. The molecule has 122 valence electrons. The second-order valence-electron chi connectivity index (χ2n) is 6.63. The Labute approximate surface area is 134 Å². The second-order valence-corrected chi connectivity index (χ2v) is 6.63. The SMILES string of the molecule is CCC(=O)N(c1ccccn1)C(C)CN1CCC(C)CC1C. The summed E-state index contributed by atoms with van der Waals surface area (Å²) < 4.78 is 0. The van der Waals surface area contributed by atoms with Crippen molar-refractivity contribution in [3.63, 3.8) is 0 Å². The lowest BCUT2D eigenvalue weighted by Gasteiger charge is -2.40. The number of rotatable bonds is 5. The molecule has 1 aliphatic rings. The van der Waals surface area contributed by atoms with Gasteiger partial charge in [0, 0.05) is 31.2 Å². The number of aromatic nitrogens is 1. The minimum Gasteiger partial charge on any atom is -0.299 e. The Bertz CT molecular complexity index is 476. The topological polar surface area (TPSA) is 36.4 Å². The van der Waals surface area contributed by atoms with Crippen LogP contribution in [0.2, 0.25) is 0 Å². The summed E-state index contributed by atoms with van der Waals surface area (Å²) >= 11 is 0. The molecule has 22 heavy (non-hydrogen) atoms. The van der Waals surface area contributed by atoms with Gasteiger partial charge >= 0.3 is 0 Å². The Morgan fingerprint density at radius 3 is 2.82 bits per heavy atom. The quantitative estimate of drug-likeness (QED) is 0.837. The van der Waals surface area contributed by atoms with Gasteiger partial charge in [0.2, 0.25) is 5.91 Å². The Hall–Kier alpha value is -1.42. The van der Waals surface area contributed by atoms with Gasteiger partial charge in [0.05, 0.1) is 0 Å². The standard InChI is InChI=1S/C18H29N3O/c1-5-18(22)21(17-8-6-7-10-19-17)16(4)13-20-11-9-14(2)12-15(20)3/h6-8,10,14-16H,5,9,11-13H2,1-4H3. The monoisotopic (exact) mass is 303 g/mol. The number of hydrogen-bond acceptors (Lipinski definition) is 3. The summed E-state index contributed by atoms with van der Waals surface area (Å²) in [5.74, 6) is 1.72. The third kappa shape index (κ3) is 4.07. The van der Waals surface area contributed by atoms with E-state index in [9.17, 15) is 4.79 Å². The van der Waals surface area contributed by atoms with Crippen LogP contribution in [-0.2, 0) is 4.79 Å². The van der Waals surface area contributed by atoms with Crippen molar-refractivity contribution in [2.24, 2.45) is 5.92 Å². The molecule has 0 saturated carbocycles. The van der Waals surface area contributed by atoms with Crippen LogP contribution in [0.25, 0.3) is 0 Å². The highest BCUT2D eigenvalue weighted by atomic mass is 16.2. The molecule has 0 N–H and O–H groups in total. The smallest absolute Gasteiger partial charge is 0.228 e. The van der Waals surface area contributed by atoms with Gasteiger partial charge in [0.15, 0.2) is 0 Å². The van der Waals surface area contributed by atoms with Gasteiger partial charge in [-0.3, -0.25) is 14.6 Å². The summed E-state index contributed by atoms with van der Waals surface area (Å²) in [7, 11) is 0. The minimum absolute atomic E-state index is 0.137. The molecule has 2 rings (SSSR count). The summed E-state index contributed by atoms with van der Waals surface area (Å²) in [5, 5.41) is 0. The first-order chi connectivity index (χ1) is 10.5. The number of likely N-dealkylation sites (tertiary alicyclic amines) is 1. The molecule has 1 aromatic heterocycles. The van der Waals surface area contributed by atoms with Crippen molar-refractivity contribution >= 4 is 11.7 Å². The first kappa shape index (κ1) is 16.9. The molecule has 1 aromatic rings. The second kappa shape index (κ2) is 7.73.